The maximum Gasteiger partial charge on any atom is 0.303 e. The van der Waals surface area contributed by atoms with Crippen molar-refractivity contribution in [2.45, 2.75) is 91.1 Å². The smallest absolute Gasteiger partial charge is 0.303 e. The number of fused-ring (bicyclic) bond motifs is 1. The van der Waals surface area contributed by atoms with Gasteiger partial charge >= 0.3 is 5.97 Å². The Bertz CT molecular complexity index is 614. The van der Waals surface area contributed by atoms with Gasteiger partial charge < -0.3 is 14.6 Å². The summed E-state index contributed by atoms with van der Waals surface area (Å²) < 4.78 is 11.5. The van der Waals surface area contributed by atoms with Gasteiger partial charge in [0.2, 0.25) is 0 Å². The van der Waals surface area contributed by atoms with E-state index in [0.29, 0.717) is 0 Å². The molecule has 4 atom stereocenters. The second-order valence-corrected chi connectivity index (χ2v) is 8.23. The van der Waals surface area contributed by atoms with Gasteiger partial charge in [0.1, 0.15) is 11.7 Å². The quantitative estimate of drug-likeness (QED) is 0.447. The normalized spacial score (nSPS) is 39.4. The van der Waals surface area contributed by atoms with Crippen LogP contribution in [0, 0.1) is 5.92 Å². The molecule has 1 heterocycles. The SMILES string of the molecule is CC(=O)O[C@@H]1/C(C(C)C)=C\C=C(/C)CC/C=C(\C)CC[C@@H]2O[C@]2(C)[C@H]1O. The summed E-state index contributed by atoms with van der Waals surface area (Å²) in [5.41, 5.74) is 2.88. The lowest BCUT2D eigenvalue weighted by Crippen LogP contribution is -2.44. The van der Waals surface area contributed by atoms with E-state index in [1.54, 1.807) is 0 Å². The van der Waals surface area contributed by atoms with Gasteiger partial charge in [-0.05, 0) is 57.9 Å². The Morgan fingerprint density at radius 3 is 2.58 bits per heavy atom. The van der Waals surface area contributed by atoms with Gasteiger partial charge in [0.15, 0.2) is 6.10 Å². The van der Waals surface area contributed by atoms with Crippen molar-refractivity contribution >= 4 is 5.97 Å². The fourth-order valence-electron chi connectivity index (χ4n) is 3.62. The number of allylic oxidation sites excluding steroid dienone is 5. The van der Waals surface area contributed by atoms with E-state index in [1.807, 2.05) is 13.0 Å². The number of aliphatic hydroxyl groups excluding tert-OH is 1. The van der Waals surface area contributed by atoms with E-state index in [0.717, 1.165) is 31.3 Å². The maximum atomic E-state index is 11.7. The topological polar surface area (TPSA) is 59.1 Å². The fourth-order valence-corrected chi connectivity index (χ4v) is 3.62. The highest BCUT2D eigenvalue weighted by molar-refractivity contribution is 5.66. The Kier molecular flexibility index (Phi) is 6.86. The first-order valence-corrected chi connectivity index (χ1v) is 9.71. The highest BCUT2D eigenvalue weighted by Gasteiger charge is 2.60. The maximum absolute atomic E-state index is 11.7. The molecule has 26 heavy (non-hydrogen) atoms. The molecule has 0 spiro atoms. The van der Waals surface area contributed by atoms with Crippen molar-refractivity contribution in [3.8, 4) is 0 Å². The first-order valence-electron chi connectivity index (χ1n) is 9.71. The van der Waals surface area contributed by atoms with Gasteiger partial charge in [-0.25, -0.2) is 0 Å². The number of aliphatic hydroxyl groups is 1. The fraction of sp³-hybridized carbons (Fsp3) is 0.682. The molecule has 1 N–H and O–H groups in total. The molecular formula is C22H34O4. The van der Waals surface area contributed by atoms with E-state index >= 15 is 0 Å². The lowest BCUT2D eigenvalue weighted by molar-refractivity contribution is -0.152. The number of carbonyl (C=O) groups is 1. The van der Waals surface area contributed by atoms with E-state index in [2.05, 4.69) is 39.8 Å². The molecular weight excluding hydrogens is 328 g/mol. The van der Waals surface area contributed by atoms with Crippen molar-refractivity contribution in [1.82, 2.24) is 0 Å². The van der Waals surface area contributed by atoms with E-state index in [1.165, 1.54) is 18.1 Å². The summed E-state index contributed by atoms with van der Waals surface area (Å²) in [4.78, 5) is 11.7. The number of hydrogen-bond acceptors (Lipinski definition) is 4. The molecule has 2 aliphatic rings. The monoisotopic (exact) mass is 362 g/mol. The predicted octanol–water partition coefficient (Wildman–Crippen LogP) is 4.49. The second-order valence-electron chi connectivity index (χ2n) is 8.23. The van der Waals surface area contributed by atoms with Crippen LogP contribution in [-0.2, 0) is 14.3 Å². The van der Waals surface area contributed by atoms with Gasteiger partial charge in [-0.15, -0.1) is 0 Å². The molecule has 2 rings (SSSR count). The van der Waals surface area contributed by atoms with Crippen LogP contribution in [0.1, 0.15) is 67.2 Å². The zero-order valence-corrected chi connectivity index (χ0v) is 17.0. The molecule has 0 aromatic rings. The number of hydrogen-bond donors (Lipinski definition) is 1. The third-order valence-electron chi connectivity index (χ3n) is 5.53. The lowest BCUT2D eigenvalue weighted by atomic mass is 9.85. The number of ether oxygens (including phenoxy) is 2. The number of esters is 1. The van der Waals surface area contributed by atoms with Crippen molar-refractivity contribution in [1.29, 1.82) is 0 Å². The molecule has 0 saturated carbocycles. The number of epoxide rings is 1. The largest absolute Gasteiger partial charge is 0.455 e. The van der Waals surface area contributed by atoms with Gasteiger partial charge in [-0.3, -0.25) is 4.79 Å². The summed E-state index contributed by atoms with van der Waals surface area (Å²) in [6, 6.07) is 0. The highest BCUT2D eigenvalue weighted by atomic mass is 16.6. The standard InChI is InChI=1S/C22H34O4/c1-14(2)18-12-10-15(3)8-7-9-16(4)11-13-19-22(6,26-19)21(24)20(18)25-17(5)23/h9-10,12,14,19-21,24H,7-8,11,13H2,1-6H3/b15-10+,16-9+,18-12-/t19-,20+,21-,22-/m0/s1. The molecule has 0 unspecified atom stereocenters. The average molecular weight is 363 g/mol. The molecule has 0 amide bonds. The van der Waals surface area contributed by atoms with E-state index in [4.69, 9.17) is 9.47 Å². The first kappa shape index (κ1) is 20.9. The molecule has 1 fully saturated rings. The van der Waals surface area contributed by atoms with Gasteiger partial charge in [-0.1, -0.05) is 43.2 Å². The molecule has 0 aromatic carbocycles. The average Bonchev–Trinajstić information content (AvgIpc) is 3.22. The van der Waals surface area contributed by atoms with Crippen molar-refractivity contribution in [3.63, 3.8) is 0 Å². The lowest BCUT2D eigenvalue weighted by Gasteiger charge is -2.30. The Morgan fingerprint density at radius 1 is 1.27 bits per heavy atom. The summed E-state index contributed by atoms with van der Waals surface area (Å²) >= 11 is 0. The molecule has 0 radical (unpaired) electrons. The Balaban J connectivity index is 2.40. The van der Waals surface area contributed by atoms with E-state index < -0.39 is 17.8 Å². The van der Waals surface area contributed by atoms with Crippen LogP contribution < -0.4 is 0 Å². The molecule has 4 heteroatoms. The number of carbonyl (C=O) groups excluding carboxylic acids is 1. The van der Waals surface area contributed by atoms with Crippen LogP contribution in [0.2, 0.25) is 0 Å². The third-order valence-corrected chi connectivity index (χ3v) is 5.53. The van der Waals surface area contributed by atoms with E-state index in [9.17, 15) is 9.90 Å². The third kappa shape index (κ3) is 5.08. The van der Waals surface area contributed by atoms with Crippen molar-refractivity contribution in [2.24, 2.45) is 5.92 Å². The predicted molar refractivity (Wildman–Crippen MR) is 104 cm³/mol. The summed E-state index contributed by atoms with van der Waals surface area (Å²) in [6.45, 7) is 11.7. The number of rotatable bonds is 2. The zero-order chi connectivity index (χ0) is 19.5. The van der Waals surface area contributed by atoms with Crippen LogP contribution in [0.3, 0.4) is 0 Å². The zero-order valence-electron chi connectivity index (χ0n) is 17.0. The summed E-state index contributed by atoms with van der Waals surface area (Å²) in [7, 11) is 0. The second kappa shape index (κ2) is 8.53. The minimum atomic E-state index is -0.883. The van der Waals surface area contributed by atoms with Crippen LogP contribution in [0.15, 0.2) is 34.9 Å². The van der Waals surface area contributed by atoms with Crippen LogP contribution in [0.25, 0.3) is 0 Å². The van der Waals surface area contributed by atoms with Crippen molar-refractivity contribution < 1.29 is 19.4 Å². The van der Waals surface area contributed by atoms with E-state index in [-0.39, 0.29) is 18.0 Å². The van der Waals surface area contributed by atoms with Crippen molar-refractivity contribution in [3.05, 3.63) is 34.9 Å². The molecule has 1 aliphatic carbocycles. The summed E-state index contributed by atoms with van der Waals surface area (Å²) in [5.74, 6) is -0.240. The van der Waals surface area contributed by atoms with Crippen LogP contribution >= 0.6 is 0 Å². The van der Waals surface area contributed by atoms with Crippen LogP contribution in [0.4, 0.5) is 0 Å². The van der Waals surface area contributed by atoms with Gasteiger partial charge in [0, 0.05) is 6.92 Å². The highest BCUT2D eigenvalue weighted by Crippen LogP contribution is 2.45. The molecule has 146 valence electrons. The van der Waals surface area contributed by atoms with Crippen LogP contribution in [-0.4, -0.2) is 35.0 Å². The summed E-state index contributed by atoms with van der Waals surface area (Å²) in [5, 5.41) is 11.1. The minimum absolute atomic E-state index is 0.00691. The molecule has 1 aliphatic heterocycles. The molecule has 4 nitrogen and oxygen atoms in total. The minimum Gasteiger partial charge on any atom is -0.455 e. The van der Waals surface area contributed by atoms with Gasteiger partial charge in [0.25, 0.3) is 0 Å². The van der Waals surface area contributed by atoms with Gasteiger partial charge in [-0.2, -0.15) is 0 Å². The Morgan fingerprint density at radius 2 is 1.96 bits per heavy atom. The van der Waals surface area contributed by atoms with Crippen molar-refractivity contribution in [2.75, 3.05) is 0 Å². The Labute approximate surface area is 158 Å². The van der Waals surface area contributed by atoms with Crippen LogP contribution in [0.5, 0.6) is 0 Å². The summed E-state index contributed by atoms with van der Waals surface area (Å²) in [6.07, 6.45) is 8.67. The molecule has 1 saturated heterocycles. The molecule has 0 aromatic heterocycles. The first-order chi connectivity index (χ1) is 12.1. The molecule has 0 bridgehead atoms. The van der Waals surface area contributed by atoms with Gasteiger partial charge in [0.05, 0.1) is 6.10 Å². The Hall–Kier alpha value is -1.39.